The molecule has 0 fully saturated rings. The van der Waals surface area contributed by atoms with E-state index < -0.39 is 32.1 Å². The van der Waals surface area contributed by atoms with Gasteiger partial charge < -0.3 is 5.32 Å². The summed E-state index contributed by atoms with van der Waals surface area (Å²) in [6, 6.07) is 5.68. The van der Waals surface area contributed by atoms with E-state index in [1.807, 2.05) is 0 Å². The van der Waals surface area contributed by atoms with E-state index in [0.29, 0.717) is 0 Å². The number of halogens is 3. The second kappa shape index (κ2) is 5.27. The van der Waals surface area contributed by atoms with Crippen molar-refractivity contribution < 1.29 is 21.8 Å². The van der Waals surface area contributed by atoms with Crippen LogP contribution in [0.3, 0.4) is 0 Å². The molecule has 2 aromatic rings. The van der Waals surface area contributed by atoms with Crippen molar-refractivity contribution in [3.8, 4) is 0 Å². The van der Waals surface area contributed by atoms with Crippen molar-refractivity contribution >= 4 is 33.2 Å². The Bertz CT molecular complexity index is 753. The Kier molecular flexibility index (Phi) is 3.84. The molecule has 0 aliphatic rings. The Balaban J connectivity index is 2.32. The van der Waals surface area contributed by atoms with Crippen molar-refractivity contribution in [2.24, 2.45) is 0 Å². The summed E-state index contributed by atoms with van der Waals surface area (Å²) < 4.78 is 56.3. The molecule has 2 N–H and O–H groups in total. The van der Waals surface area contributed by atoms with Gasteiger partial charge in [-0.3, -0.25) is 4.55 Å². The van der Waals surface area contributed by atoms with Crippen LogP contribution < -0.4 is 5.32 Å². The van der Waals surface area contributed by atoms with Crippen LogP contribution in [0.2, 0.25) is 5.02 Å². The minimum absolute atomic E-state index is 0.205. The minimum atomic E-state index is -4.37. The van der Waals surface area contributed by atoms with Crippen molar-refractivity contribution in [2.45, 2.75) is 4.90 Å². The molecule has 1 aromatic heterocycles. The van der Waals surface area contributed by atoms with Gasteiger partial charge in [0.15, 0.2) is 5.82 Å². The van der Waals surface area contributed by atoms with E-state index in [1.54, 1.807) is 0 Å². The molecule has 0 aliphatic heterocycles. The number of nitrogens with zero attached hydrogens (tertiary/aromatic N) is 2. The fourth-order valence-corrected chi connectivity index (χ4v) is 1.84. The molecule has 1 heterocycles. The quantitative estimate of drug-likeness (QED) is 0.512. The van der Waals surface area contributed by atoms with Gasteiger partial charge in [0, 0.05) is 11.8 Å². The average Bonchev–Trinajstić information content (AvgIpc) is 2.35. The second-order valence-corrected chi connectivity index (χ2v) is 5.26. The van der Waals surface area contributed by atoms with Crippen molar-refractivity contribution in [2.75, 3.05) is 5.32 Å². The van der Waals surface area contributed by atoms with E-state index in [1.165, 1.54) is 6.07 Å². The smallest absolute Gasteiger partial charge is 0.313 e. The molecular weight excluding hydrogens is 316 g/mol. The third-order valence-electron chi connectivity index (χ3n) is 2.11. The van der Waals surface area contributed by atoms with Crippen LogP contribution in [0.5, 0.6) is 0 Å². The highest BCUT2D eigenvalue weighted by Gasteiger charge is 2.14. The van der Waals surface area contributed by atoms with E-state index in [4.69, 9.17) is 16.2 Å². The first-order valence-electron chi connectivity index (χ1n) is 4.92. The highest BCUT2D eigenvalue weighted by molar-refractivity contribution is 7.85. The first kappa shape index (κ1) is 14.6. The van der Waals surface area contributed by atoms with E-state index in [2.05, 4.69) is 21.4 Å². The largest absolute Gasteiger partial charge is 0.339 e. The summed E-state index contributed by atoms with van der Waals surface area (Å²) in [7, 11) is -4.37. The Labute approximate surface area is 117 Å². The lowest BCUT2D eigenvalue weighted by Crippen LogP contribution is -2.03. The van der Waals surface area contributed by atoms with Gasteiger partial charge in [-0.2, -0.15) is 27.2 Å². The van der Waals surface area contributed by atoms with Crippen molar-refractivity contribution in [3.63, 3.8) is 0 Å². The molecule has 0 unspecified atom stereocenters. The zero-order valence-electron chi connectivity index (χ0n) is 9.43. The molecular formula is C10H5ClF2N3O3S. The first-order valence-corrected chi connectivity index (χ1v) is 6.74. The zero-order chi connectivity index (χ0) is 14.9. The van der Waals surface area contributed by atoms with Gasteiger partial charge in [0.05, 0.1) is 0 Å². The maximum Gasteiger partial charge on any atom is 0.313 e. The number of hydrogen-bond acceptors (Lipinski definition) is 5. The molecule has 6 nitrogen and oxygen atoms in total. The predicted octanol–water partition coefficient (Wildman–Crippen LogP) is 2.20. The number of aromatic nitrogens is 2. The van der Waals surface area contributed by atoms with Crippen LogP contribution in [0.15, 0.2) is 23.1 Å². The highest BCUT2D eigenvalue weighted by atomic mass is 35.5. The number of hydrogen-bond donors (Lipinski definition) is 2. The van der Waals surface area contributed by atoms with Crippen LogP contribution in [0.1, 0.15) is 0 Å². The molecule has 105 valence electrons. The van der Waals surface area contributed by atoms with Gasteiger partial charge >= 0.3 is 6.08 Å². The van der Waals surface area contributed by atoms with Crippen LogP contribution in [0, 0.1) is 18.1 Å². The summed E-state index contributed by atoms with van der Waals surface area (Å²) in [6.45, 7) is 0. The molecule has 0 amide bonds. The van der Waals surface area contributed by atoms with E-state index in [0.717, 1.165) is 12.1 Å². The lowest BCUT2D eigenvalue weighted by Gasteiger charge is -2.07. The molecule has 0 aliphatic carbocycles. The first-order chi connectivity index (χ1) is 9.27. The monoisotopic (exact) mass is 320 g/mol. The summed E-state index contributed by atoms with van der Waals surface area (Å²) in [6.07, 6.45) is -1.31. The molecule has 0 atom stereocenters. The van der Waals surface area contributed by atoms with Gasteiger partial charge in [0.2, 0.25) is 5.95 Å². The van der Waals surface area contributed by atoms with Crippen LogP contribution in [-0.4, -0.2) is 22.9 Å². The number of nitrogens with one attached hydrogen (secondary N) is 1. The van der Waals surface area contributed by atoms with Crippen molar-refractivity contribution in [1.82, 2.24) is 9.97 Å². The average molecular weight is 321 g/mol. The van der Waals surface area contributed by atoms with E-state index in [-0.39, 0.29) is 11.5 Å². The summed E-state index contributed by atoms with van der Waals surface area (Å²) in [4.78, 5) is 5.59. The van der Waals surface area contributed by atoms with Crippen LogP contribution in [-0.2, 0) is 10.1 Å². The standard InChI is InChI=1S/C10H5ClF2N3O3S/c11-7-8(12)15-10(13)16-9(7)14-5-1-3-6(4-2-5)20(17,18)19/h1-3H,(H,14,15,16)(H,17,18,19). The number of anilines is 2. The third-order valence-corrected chi connectivity index (χ3v) is 3.25. The predicted molar refractivity (Wildman–Crippen MR) is 65.3 cm³/mol. The third kappa shape index (κ3) is 3.18. The fourth-order valence-electron chi connectivity index (χ4n) is 1.26. The maximum atomic E-state index is 13.1. The molecule has 20 heavy (non-hydrogen) atoms. The van der Waals surface area contributed by atoms with Gasteiger partial charge in [-0.1, -0.05) is 11.6 Å². The van der Waals surface area contributed by atoms with E-state index >= 15 is 0 Å². The van der Waals surface area contributed by atoms with Crippen LogP contribution in [0.25, 0.3) is 0 Å². The normalized spacial score (nSPS) is 11.4. The fraction of sp³-hybridized carbons (Fsp3) is 0. The Morgan fingerprint density at radius 2 is 2.00 bits per heavy atom. The lowest BCUT2D eigenvalue weighted by atomic mass is 10.3. The molecule has 0 saturated heterocycles. The zero-order valence-corrected chi connectivity index (χ0v) is 11.0. The molecule has 2 rings (SSSR count). The Hall–Kier alpha value is -1.84. The summed E-state index contributed by atoms with van der Waals surface area (Å²) in [5.41, 5.74) is 0.205. The van der Waals surface area contributed by atoms with Gasteiger partial charge in [-0.25, -0.2) is 0 Å². The molecule has 0 saturated carbocycles. The Morgan fingerprint density at radius 1 is 1.30 bits per heavy atom. The van der Waals surface area contributed by atoms with Crippen LogP contribution >= 0.6 is 11.6 Å². The molecule has 0 spiro atoms. The molecule has 1 aromatic carbocycles. The lowest BCUT2D eigenvalue weighted by molar-refractivity contribution is 0.482. The van der Waals surface area contributed by atoms with Crippen molar-refractivity contribution in [3.05, 3.63) is 41.3 Å². The van der Waals surface area contributed by atoms with Gasteiger partial charge in [0.1, 0.15) is 9.92 Å². The molecule has 0 bridgehead atoms. The number of rotatable bonds is 3. The maximum absolute atomic E-state index is 13.1. The molecule has 1 radical (unpaired) electrons. The summed E-state index contributed by atoms with van der Waals surface area (Å²) in [5, 5.41) is 1.94. The SMILES string of the molecule is O=S(=O)(O)c1[c]cc(Nc2nc(F)nc(F)c2Cl)cc1. The van der Waals surface area contributed by atoms with Crippen molar-refractivity contribution in [1.29, 1.82) is 0 Å². The van der Waals surface area contributed by atoms with Gasteiger partial charge in [-0.05, 0) is 18.2 Å². The Morgan fingerprint density at radius 3 is 2.55 bits per heavy atom. The van der Waals surface area contributed by atoms with Gasteiger partial charge in [0.25, 0.3) is 10.1 Å². The second-order valence-electron chi connectivity index (χ2n) is 3.49. The summed E-state index contributed by atoms with van der Waals surface area (Å²) in [5.74, 6) is -1.56. The topological polar surface area (TPSA) is 92.2 Å². The molecule has 10 heteroatoms. The van der Waals surface area contributed by atoms with Gasteiger partial charge in [-0.15, -0.1) is 0 Å². The van der Waals surface area contributed by atoms with Crippen LogP contribution in [0.4, 0.5) is 20.3 Å². The number of benzene rings is 1. The van der Waals surface area contributed by atoms with E-state index in [9.17, 15) is 17.2 Å². The summed E-state index contributed by atoms with van der Waals surface area (Å²) >= 11 is 5.54. The highest BCUT2D eigenvalue weighted by Crippen LogP contribution is 2.25. The minimum Gasteiger partial charge on any atom is -0.339 e.